The number of H-pyrrole nitrogens is 1. The lowest BCUT2D eigenvalue weighted by Gasteiger charge is -2.32. The second kappa shape index (κ2) is 8.34. The molecule has 0 atom stereocenters. The van der Waals surface area contributed by atoms with E-state index in [4.69, 9.17) is 0 Å². The first-order valence-electron chi connectivity index (χ1n) is 9.63. The van der Waals surface area contributed by atoms with Crippen molar-refractivity contribution in [2.24, 2.45) is 0 Å². The van der Waals surface area contributed by atoms with E-state index in [9.17, 15) is 14.0 Å². The van der Waals surface area contributed by atoms with Crippen LogP contribution in [0.5, 0.6) is 0 Å². The number of amides is 1. The Hall–Kier alpha value is -3.35. The number of nitrogens with one attached hydrogen (secondary N) is 1. The van der Waals surface area contributed by atoms with Gasteiger partial charge in [-0.15, -0.1) is 0 Å². The normalized spacial score (nSPS) is 14.7. The number of piperidine rings is 1. The first-order chi connectivity index (χ1) is 14.1. The van der Waals surface area contributed by atoms with E-state index in [1.807, 2.05) is 17.0 Å². The summed E-state index contributed by atoms with van der Waals surface area (Å²) in [5.41, 5.74) is 1.96. The van der Waals surface area contributed by atoms with Gasteiger partial charge in [0, 0.05) is 31.3 Å². The van der Waals surface area contributed by atoms with Crippen LogP contribution in [-0.4, -0.2) is 38.8 Å². The van der Waals surface area contributed by atoms with Crippen molar-refractivity contribution in [3.63, 3.8) is 0 Å². The molecule has 29 heavy (non-hydrogen) atoms. The number of hydrogen-bond donors (Lipinski definition) is 1. The summed E-state index contributed by atoms with van der Waals surface area (Å²) in [4.78, 5) is 38.1. The number of carbonyl (C=O) groups excluding carboxylic acids is 1. The van der Waals surface area contributed by atoms with Crippen LogP contribution in [0.15, 0.2) is 59.5 Å². The largest absolute Gasteiger partial charge is 0.342 e. The molecule has 4 rings (SSSR count). The summed E-state index contributed by atoms with van der Waals surface area (Å²) < 4.78 is 13.0. The minimum absolute atomic E-state index is 0.0306. The fourth-order valence-electron chi connectivity index (χ4n) is 3.62. The topological polar surface area (TPSA) is 79.0 Å². The Kier molecular flexibility index (Phi) is 5.46. The van der Waals surface area contributed by atoms with Crippen LogP contribution < -0.4 is 5.56 Å². The van der Waals surface area contributed by atoms with Gasteiger partial charge in [-0.1, -0.05) is 18.2 Å². The van der Waals surface area contributed by atoms with Gasteiger partial charge >= 0.3 is 0 Å². The minimum Gasteiger partial charge on any atom is -0.342 e. The van der Waals surface area contributed by atoms with Gasteiger partial charge in [0.15, 0.2) is 5.82 Å². The highest BCUT2D eigenvalue weighted by atomic mass is 19.1. The predicted molar refractivity (Wildman–Crippen MR) is 107 cm³/mol. The molecule has 0 radical (unpaired) electrons. The van der Waals surface area contributed by atoms with Crippen LogP contribution in [-0.2, 0) is 11.2 Å². The first kappa shape index (κ1) is 19.0. The van der Waals surface area contributed by atoms with E-state index < -0.39 is 0 Å². The maximum atomic E-state index is 13.0. The summed E-state index contributed by atoms with van der Waals surface area (Å²) in [6.07, 6.45) is 3.41. The molecule has 1 aliphatic heterocycles. The van der Waals surface area contributed by atoms with Crippen molar-refractivity contribution >= 4 is 5.91 Å². The molecule has 0 saturated carbocycles. The van der Waals surface area contributed by atoms with Gasteiger partial charge in [0.25, 0.3) is 5.56 Å². The molecule has 3 aromatic rings. The molecule has 3 heterocycles. The second-order valence-electron chi connectivity index (χ2n) is 7.19. The molecule has 2 aromatic heterocycles. The molecule has 1 aromatic carbocycles. The van der Waals surface area contributed by atoms with Crippen molar-refractivity contribution in [1.82, 2.24) is 19.9 Å². The highest BCUT2D eigenvalue weighted by Crippen LogP contribution is 2.27. The lowest BCUT2D eigenvalue weighted by molar-refractivity contribution is -0.131. The van der Waals surface area contributed by atoms with E-state index in [2.05, 4.69) is 15.0 Å². The Balaban J connectivity index is 1.42. The fourth-order valence-corrected chi connectivity index (χ4v) is 3.62. The molecule has 7 heteroatoms. The van der Waals surface area contributed by atoms with Crippen LogP contribution in [0.3, 0.4) is 0 Å². The molecule has 0 aliphatic carbocycles. The molecule has 148 valence electrons. The molecule has 1 saturated heterocycles. The van der Waals surface area contributed by atoms with Crippen molar-refractivity contribution in [2.45, 2.75) is 25.2 Å². The summed E-state index contributed by atoms with van der Waals surface area (Å²) in [6, 6.07) is 13.0. The summed E-state index contributed by atoms with van der Waals surface area (Å²) in [5, 5.41) is 0. The average Bonchev–Trinajstić information content (AvgIpc) is 2.75. The predicted octanol–water partition coefficient (Wildman–Crippen LogP) is 2.92. The Morgan fingerprint density at radius 1 is 1.14 bits per heavy atom. The Bertz CT molecular complexity index is 1040. The van der Waals surface area contributed by atoms with Crippen LogP contribution in [0.2, 0.25) is 0 Å². The van der Waals surface area contributed by atoms with Gasteiger partial charge in [-0.05, 0) is 42.7 Å². The number of carbonyl (C=O) groups is 1. The summed E-state index contributed by atoms with van der Waals surface area (Å²) >= 11 is 0. The van der Waals surface area contributed by atoms with Crippen molar-refractivity contribution in [1.29, 1.82) is 0 Å². The SMILES string of the molecule is O=C(Cc1ccc(F)cc1)N1CCC(c2cc(=O)[nH]c(-c3ccccn3)n2)CC1. The zero-order valence-electron chi connectivity index (χ0n) is 15.8. The first-order valence-corrected chi connectivity index (χ1v) is 9.63. The fraction of sp³-hybridized carbons (Fsp3) is 0.273. The molecular formula is C22H21FN4O2. The van der Waals surface area contributed by atoms with Crippen molar-refractivity contribution < 1.29 is 9.18 Å². The average molecular weight is 392 g/mol. The monoisotopic (exact) mass is 392 g/mol. The molecule has 0 spiro atoms. The van der Waals surface area contributed by atoms with Gasteiger partial charge in [0.1, 0.15) is 11.5 Å². The zero-order chi connectivity index (χ0) is 20.2. The van der Waals surface area contributed by atoms with Crippen molar-refractivity contribution in [3.05, 3.63) is 82.2 Å². The maximum absolute atomic E-state index is 13.0. The third-order valence-electron chi connectivity index (χ3n) is 5.20. The Labute approximate surface area is 167 Å². The standard InChI is InChI=1S/C22H21FN4O2/c23-17-6-4-15(5-7-17)13-21(29)27-11-8-16(9-12-27)19-14-20(28)26-22(25-19)18-3-1-2-10-24-18/h1-7,10,14,16H,8-9,11-13H2,(H,25,26,28). The number of benzene rings is 1. The Morgan fingerprint density at radius 3 is 2.59 bits per heavy atom. The van der Waals surface area contributed by atoms with Crippen LogP contribution in [0.25, 0.3) is 11.5 Å². The second-order valence-corrected chi connectivity index (χ2v) is 7.19. The van der Waals surface area contributed by atoms with Crippen LogP contribution in [0.4, 0.5) is 4.39 Å². The number of pyridine rings is 1. The summed E-state index contributed by atoms with van der Waals surface area (Å²) in [5.74, 6) is 0.304. The van der Waals surface area contributed by atoms with E-state index in [1.165, 1.54) is 18.2 Å². The third-order valence-corrected chi connectivity index (χ3v) is 5.20. The molecule has 1 amide bonds. The van der Waals surface area contributed by atoms with E-state index in [-0.39, 0.29) is 29.6 Å². The highest BCUT2D eigenvalue weighted by molar-refractivity contribution is 5.78. The number of nitrogens with zero attached hydrogens (tertiary/aromatic N) is 3. The van der Waals surface area contributed by atoms with E-state index in [0.29, 0.717) is 24.6 Å². The number of rotatable bonds is 4. The number of hydrogen-bond acceptors (Lipinski definition) is 4. The van der Waals surface area contributed by atoms with Crippen molar-refractivity contribution in [3.8, 4) is 11.5 Å². The quantitative estimate of drug-likeness (QED) is 0.741. The smallest absolute Gasteiger partial charge is 0.251 e. The van der Waals surface area contributed by atoms with Crippen molar-refractivity contribution in [2.75, 3.05) is 13.1 Å². The van der Waals surface area contributed by atoms with E-state index >= 15 is 0 Å². The number of aromatic nitrogens is 3. The molecule has 6 nitrogen and oxygen atoms in total. The minimum atomic E-state index is -0.308. The molecule has 0 unspecified atom stereocenters. The van der Waals surface area contributed by atoms with E-state index in [0.717, 1.165) is 24.1 Å². The van der Waals surface area contributed by atoms with Gasteiger partial charge in [0.05, 0.1) is 12.1 Å². The molecular weight excluding hydrogens is 371 g/mol. The lowest BCUT2D eigenvalue weighted by atomic mass is 9.93. The molecule has 0 bridgehead atoms. The molecule has 1 fully saturated rings. The van der Waals surface area contributed by atoms with Gasteiger partial charge in [-0.25, -0.2) is 9.37 Å². The van der Waals surface area contributed by atoms with Crippen LogP contribution >= 0.6 is 0 Å². The molecule has 1 N–H and O–H groups in total. The number of halogens is 1. The summed E-state index contributed by atoms with van der Waals surface area (Å²) in [7, 11) is 0. The van der Waals surface area contributed by atoms with Crippen LogP contribution in [0, 0.1) is 5.82 Å². The van der Waals surface area contributed by atoms with Gasteiger partial charge < -0.3 is 9.88 Å². The van der Waals surface area contributed by atoms with Gasteiger partial charge in [-0.2, -0.15) is 0 Å². The van der Waals surface area contributed by atoms with Gasteiger partial charge in [-0.3, -0.25) is 14.6 Å². The summed E-state index contributed by atoms with van der Waals surface area (Å²) in [6.45, 7) is 1.22. The van der Waals surface area contributed by atoms with Crippen LogP contribution in [0.1, 0.15) is 30.0 Å². The zero-order valence-corrected chi connectivity index (χ0v) is 15.8. The molecule has 1 aliphatic rings. The van der Waals surface area contributed by atoms with E-state index in [1.54, 1.807) is 24.4 Å². The number of aromatic amines is 1. The maximum Gasteiger partial charge on any atom is 0.251 e. The number of likely N-dealkylation sites (tertiary alicyclic amines) is 1. The third kappa shape index (κ3) is 4.56. The highest BCUT2D eigenvalue weighted by Gasteiger charge is 2.25. The van der Waals surface area contributed by atoms with Gasteiger partial charge in [0.2, 0.25) is 5.91 Å². The lowest BCUT2D eigenvalue weighted by Crippen LogP contribution is -2.39. The Morgan fingerprint density at radius 2 is 1.90 bits per heavy atom.